The average Bonchev–Trinajstić information content (AvgIpc) is 3.12. The van der Waals surface area contributed by atoms with Crippen molar-refractivity contribution < 1.29 is 14.3 Å². The monoisotopic (exact) mass is 316 g/mol. The summed E-state index contributed by atoms with van der Waals surface area (Å²) in [7, 11) is 1.58. The molecule has 1 atom stereocenters. The van der Waals surface area contributed by atoms with Crippen molar-refractivity contribution in [1.82, 2.24) is 10.2 Å². The smallest absolute Gasteiger partial charge is 0.325 e. The van der Waals surface area contributed by atoms with Gasteiger partial charge in [-0.1, -0.05) is 18.2 Å². The molecule has 22 heavy (non-hydrogen) atoms. The molecule has 0 spiro atoms. The predicted molar refractivity (Wildman–Crippen MR) is 83.7 cm³/mol. The van der Waals surface area contributed by atoms with Crippen LogP contribution in [-0.2, 0) is 16.9 Å². The molecule has 1 unspecified atom stereocenters. The SMILES string of the molecule is COc1cccc(CN2C(=O)NC(C)(c3cccs3)C2=O)c1. The fourth-order valence-electron chi connectivity index (χ4n) is 2.52. The van der Waals surface area contributed by atoms with Crippen LogP contribution < -0.4 is 10.1 Å². The highest BCUT2D eigenvalue weighted by Gasteiger charge is 2.49. The lowest BCUT2D eigenvalue weighted by Gasteiger charge is -2.20. The molecule has 1 N–H and O–H groups in total. The number of ether oxygens (including phenoxy) is 1. The molecule has 1 aromatic carbocycles. The van der Waals surface area contributed by atoms with Crippen LogP contribution in [0.1, 0.15) is 17.4 Å². The van der Waals surface area contributed by atoms with Crippen molar-refractivity contribution in [2.45, 2.75) is 19.0 Å². The molecule has 1 aliphatic rings. The number of urea groups is 1. The maximum atomic E-state index is 12.7. The number of carbonyl (C=O) groups excluding carboxylic acids is 2. The highest BCUT2D eigenvalue weighted by atomic mass is 32.1. The van der Waals surface area contributed by atoms with Gasteiger partial charge in [0.05, 0.1) is 13.7 Å². The number of benzene rings is 1. The molecule has 0 saturated carbocycles. The second kappa shape index (κ2) is 5.46. The van der Waals surface area contributed by atoms with Crippen molar-refractivity contribution in [2.75, 3.05) is 7.11 Å². The average molecular weight is 316 g/mol. The molecule has 2 heterocycles. The van der Waals surface area contributed by atoms with Gasteiger partial charge in [0.25, 0.3) is 5.91 Å². The summed E-state index contributed by atoms with van der Waals surface area (Å²) in [5.41, 5.74) is -0.136. The number of rotatable bonds is 4. The van der Waals surface area contributed by atoms with Crippen molar-refractivity contribution in [3.8, 4) is 5.75 Å². The van der Waals surface area contributed by atoms with E-state index in [1.54, 1.807) is 14.0 Å². The lowest BCUT2D eigenvalue weighted by atomic mass is 10.0. The Labute approximate surface area is 132 Å². The van der Waals surface area contributed by atoms with Gasteiger partial charge in [0.1, 0.15) is 5.75 Å². The quantitative estimate of drug-likeness (QED) is 0.882. The summed E-state index contributed by atoms with van der Waals surface area (Å²) in [4.78, 5) is 27.0. The minimum absolute atomic E-state index is 0.225. The molecule has 0 radical (unpaired) electrons. The van der Waals surface area contributed by atoms with Crippen LogP contribution in [0.2, 0.25) is 0 Å². The summed E-state index contributed by atoms with van der Waals surface area (Å²) >= 11 is 1.46. The van der Waals surface area contributed by atoms with Crippen LogP contribution in [0.15, 0.2) is 41.8 Å². The van der Waals surface area contributed by atoms with Gasteiger partial charge in [0.2, 0.25) is 0 Å². The van der Waals surface area contributed by atoms with E-state index in [-0.39, 0.29) is 18.5 Å². The third-order valence-corrected chi connectivity index (χ3v) is 4.86. The number of hydrogen-bond donors (Lipinski definition) is 1. The minimum atomic E-state index is -0.982. The van der Waals surface area contributed by atoms with E-state index in [0.717, 1.165) is 10.4 Å². The molecule has 114 valence electrons. The van der Waals surface area contributed by atoms with E-state index in [2.05, 4.69) is 5.32 Å². The Bertz CT molecular complexity index is 714. The van der Waals surface area contributed by atoms with Gasteiger partial charge < -0.3 is 10.1 Å². The Morgan fingerprint density at radius 2 is 2.09 bits per heavy atom. The molecule has 1 saturated heterocycles. The number of thiophene rings is 1. The highest BCUT2D eigenvalue weighted by Crippen LogP contribution is 2.32. The standard InChI is InChI=1S/C16H16N2O3S/c1-16(13-7-4-8-22-13)14(19)18(15(20)17-16)10-11-5-3-6-12(9-11)21-2/h3-9H,10H2,1-2H3,(H,17,20). The van der Waals surface area contributed by atoms with Gasteiger partial charge in [-0.2, -0.15) is 0 Å². The summed E-state index contributed by atoms with van der Waals surface area (Å²) in [6.45, 7) is 1.97. The Balaban J connectivity index is 1.86. The van der Waals surface area contributed by atoms with Crippen molar-refractivity contribution in [3.05, 3.63) is 52.2 Å². The summed E-state index contributed by atoms with van der Waals surface area (Å²) in [6, 6.07) is 10.7. The van der Waals surface area contributed by atoms with Crippen LogP contribution in [0.25, 0.3) is 0 Å². The van der Waals surface area contributed by atoms with Crippen LogP contribution in [-0.4, -0.2) is 23.9 Å². The van der Waals surface area contributed by atoms with Crippen molar-refractivity contribution in [1.29, 1.82) is 0 Å². The zero-order chi connectivity index (χ0) is 15.7. The molecular weight excluding hydrogens is 300 g/mol. The normalized spacial score (nSPS) is 21.1. The number of hydrogen-bond acceptors (Lipinski definition) is 4. The molecule has 1 fully saturated rings. The van der Waals surface area contributed by atoms with Gasteiger partial charge in [-0.05, 0) is 36.1 Å². The van der Waals surface area contributed by atoms with E-state index in [9.17, 15) is 9.59 Å². The Morgan fingerprint density at radius 3 is 2.77 bits per heavy atom. The number of carbonyl (C=O) groups is 2. The zero-order valence-corrected chi connectivity index (χ0v) is 13.1. The molecule has 1 aromatic heterocycles. The van der Waals surface area contributed by atoms with E-state index < -0.39 is 5.54 Å². The second-order valence-electron chi connectivity index (χ2n) is 5.28. The van der Waals surface area contributed by atoms with Gasteiger partial charge in [-0.3, -0.25) is 9.69 Å². The number of amides is 3. The maximum absolute atomic E-state index is 12.7. The second-order valence-corrected chi connectivity index (χ2v) is 6.22. The zero-order valence-electron chi connectivity index (χ0n) is 12.3. The first-order chi connectivity index (χ1) is 10.5. The van der Waals surface area contributed by atoms with E-state index in [1.165, 1.54) is 16.2 Å². The molecule has 1 aliphatic heterocycles. The fourth-order valence-corrected chi connectivity index (χ4v) is 3.36. The summed E-state index contributed by atoms with van der Waals surface area (Å²) in [6.07, 6.45) is 0. The van der Waals surface area contributed by atoms with Crippen LogP contribution >= 0.6 is 11.3 Å². The van der Waals surface area contributed by atoms with E-state index >= 15 is 0 Å². The topological polar surface area (TPSA) is 58.6 Å². The Morgan fingerprint density at radius 1 is 1.27 bits per heavy atom. The predicted octanol–water partition coefficient (Wildman–Crippen LogP) is 2.72. The number of imide groups is 1. The van der Waals surface area contributed by atoms with E-state index in [0.29, 0.717) is 5.75 Å². The van der Waals surface area contributed by atoms with E-state index in [1.807, 2.05) is 41.8 Å². The molecule has 3 amide bonds. The summed E-state index contributed by atoms with van der Waals surface area (Å²) in [5.74, 6) is 0.466. The lowest BCUT2D eigenvalue weighted by Crippen LogP contribution is -2.40. The maximum Gasteiger partial charge on any atom is 0.325 e. The van der Waals surface area contributed by atoms with Gasteiger partial charge >= 0.3 is 6.03 Å². The first-order valence-corrected chi connectivity index (χ1v) is 7.73. The highest BCUT2D eigenvalue weighted by molar-refractivity contribution is 7.10. The van der Waals surface area contributed by atoms with Gasteiger partial charge in [0, 0.05) is 4.88 Å². The first kappa shape index (κ1) is 14.6. The first-order valence-electron chi connectivity index (χ1n) is 6.85. The number of nitrogens with zero attached hydrogens (tertiary/aromatic N) is 1. The summed E-state index contributed by atoms with van der Waals surface area (Å²) in [5, 5.41) is 4.69. The van der Waals surface area contributed by atoms with Crippen LogP contribution in [0.4, 0.5) is 4.79 Å². The fraction of sp³-hybridized carbons (Fsp3) is 0.250. The van der Waals surface area contributed by atoms with Crippen LogP contribution in [0, 0.1) is 0 Å². The molecular formula is C16H16N2O3S. The van der Waals surface area contributed by atoms with Gasteiger partial charge in [0.15, 0.2) is 5.54 Å². The molecule has 3 rings (SSSR count). The number of methoxy groups -OCH3 is 1. The third kappa shape index (κ3) is 2.35. The van der Waals surface area contributed by atoms with Crippen LogP contribution in [0.3, 0.4) is 0 Å². The lowest BCUT2D eigenvalue weighted by molar-refractivity contribution is -0.131. The minimum Gasteiger partial charge on any atom is -0.497 e. The summed E-state index contributed by atoms with van der Waals surface area (Å²) < 4.78 is 5.17. The molecule has 0 aliphatic carbocycles. The largest absolute Gasteiger partial charge is 0.497 e. The molecule has 0 bridgehead atoms. The van der Waals surface area contributed by atoms with E-state index in [4.69, 9.17) is 4.74 Å². The Kier molecular flexibility index (Phi) is 3.62. The molecule has 6 heteroatoms. The van der Waals surface area contributed by atoms with Crippen molar-refractivity contribution >= 4 is 23.3 Å². The van der Waals surface area contributed by atoms with Gasteiger partial charge in [-0.25, -0.2) is 4.79 Å². The Hall–Kier alpha value is -2.34. The molecule has 5 nitrogen and oxygen atoms in total. The molecule has 2 aromatic rings. The van der Waals surface area contributed by atoms with Crippen molar-refractivity contribution in [2.24, 2.45) is 0 Å². The van der Waals surface area contributed by atoms with Crippen molar-refractivity contribution in [3.63, 3.8) is 0 Å². The third-order valence-electron chi connectivity index (χ3n) is 3.76. The number of nitrogens with one attached hydrogen (secondary N) is 1. The van der Waals surface area contributed by atoms with Crippen LogP contribution in [0.5, 0.6) is 5.75 Å². The van der Waals surface area contributed by atoms with Gasteiger partial charge in [-0.15, -0.1) is 11.3 Å².